The fourth-order valence-electron chi connectivity index (χ4n) is 3.39. The van der Waals surface area contributed by atoms with E-state index >= 15 is 0 Å². The first-order chi connectivity index (χ1) is 16.1. The quantitative estimate of drug-likeness (QED) is 0.288. The number of aromatic nitrogens is 5. The molecule has 0 aliphatic carbocycles. The Labute approximate surface area is 203 Å². The van der Waals surface area contributed by atoms with Crippen molar-refractivity contribution < 1.29 is 14.2 Å². The predicted molar refractivity (Wildman–Crippen MR) is 124 cm³/mol. The Hall–Kier alpha value is -3.70. The van der Waals surface area contributed by atoms with E-state index in [0.717, 1.165) is 5.69 Å². The number of nitrogens with zero attached hydrogens (tertiary/aromatic N) is 6. The lowest BCUT2D eigenvalue weighted by Crippen LogP contribution is -2.17. The number of amides is 1. The summed E-state index contributed by atoms with van der Waals surface area (Å²) in [5.41, 5.74) is 2.55. The summed E-state index contributed by atoms with van der Waals surface area (Å²) in [7, 11) is 0. The minimum atomic E-state index is -0.577. The smallest absolute Gasteiger partial charge is 0.361 e. The largest absolute Gasteiger partial charge is 0.390 e. The van der Waals surface area contributed by atoms with E-state index in [0.29, 0.717) is 45.0 Å². The molecular formula is C21H19Cl2N7O4. The normalized spacial score (nSPS) is 11.1. The third kappa shape index (κ3) is 4.66. The minimum Gasteiger partial charge on any atom is -0.361 e. The SMILES string of the molecule is Cc1onc(C(=O)Nc2cc(C)n(Cc3c(Cl)cccc3Cl)n2)c1Cn1nc([N+](=O)[O-])cc1C. The molecule has 0 saturated heterocycles. The van der Waals surface area contributed by atoms with E-state index in [4.69, 9.17) is 27.7 Å². The fourth-order valence-corrected chi connectivity index (χ4v) is 3.90. The number of halogens is 2. The highest BCUT2D eigenvalue weighted by Crippen LogP contribution is 2.26. The molecule has 4 aromatic rings. The second-order valence-electron chi connectivity index (χ2n) is 7.61. The average Bonchev–Trinajstić information content (AvgIpc) is 3.43. The second-order valence-corrected chi connectivity index (χ2v) is 8.42. The van der Waals surface area contributed by atoms with Gasteiger partial charge in [-0.25, -0.2) is 0 Å². The number of carbonyl (C=O) groups is 1. The molecule has 0 radical (unpaired) electrons. The predicted octanol–water partition coefficient (Wildman–Crippen LogP) is 4.56. The molecule has 0 aliphatic rings. The van der Waals surface area contributed by atoms with Gasteiger partial charge in [0.05, 0.1) is 35.5 Å². The Morgan fingerprint density at radius 1 is 1.06 bits per heavy atom. The molecule has 0 aliphatic heterocycles. The van der Waals surface area contributed by atoms with Crippen molar-refractivity contribution in [1.82, 2.24) is 24.7 Å². The lowest BCUT2D eigenvalue weighted by molar-refractivity contribution is -0.389. The van der Waals surface area contributed by atoms with E-state index in [1.807, 2.05) is 6.92 Å². The lowest BCUT2D eigenvalue weighted by atomic mass is 10.2. The summed E-state index contributed by atoms with van der Waals surface area (Å²) in [6.07, 6.45) is 0. The molecule has 4 rings (SSSR count). The molecular weight excluding hydrogens is 485 g/mol. The number of aryl methyl sites for hydroxylation is 3. The Morgan fingerprint density at radius 2 is 1.68 bits per heavy atom. The molecule has 176 valence electrons. The zero-order chi connectivity index (χ0) is 24.6. The molecule has 0 fully saturated rings. The summed E-state index contributed by atoms with van der Waals surface area (Å²) >= 11 is 12.5. The molecule has 0 bridgehead atoms. The first-order valence-corrected chi connectivity index (χ1v) is 10.8. The van der Waals surface area contributed by atoms with Crippen molar-refractivity contribution in [1.29, 1.82) is 0 Å². The number of hydrogen-bond donors (Lipinski definition) is 1. The van der Waals surface area contributed by atoms with Crippen LogP contribution in [0.3, 0.4) is 0 Å². The van der Waals surface area contributed by atoms with Crippen molar-refractivity contribution >= 4 is 40.7 Å². The van der Waals surface area contributed by atoms with Crippen LogP contribution in [0.5, 0.6) is 0 Å². The molecule has 11 nitrogen and oxygen atoms in total. The number of anilines is 1. The van der Waals surface area contributed by atoms with Crippen molar-refractivity contribution in [3.05, 3.63) is 84.5 Å². The van der Waals surface area contributed by atoms with E-state index in [-0.39, 0.29) is 18.1 Å². The molecule has 13 heteroatoms. The maximum Gasteiger partial charge on any atom is 0.390 e. The Kier molecular flexibility index (Phi) is 6.40. The summed E-state index contributed by atoms with van der Waals surface area (Å²) in [4.78, 5) is 23.4. The van der Waals surface area contributed by atoms with E-state index < -0.39 is 10.8 Å². The van der Waals surface area contributed by atoms with Gasteiger partial charge in [0.25, 0.3) is 5.91 Å². The number of nitrogens with one attached hydrogen (secondary N) is 1. The van der Waals surface area contributed by atoms with Crippen LogP contribution < -0.4 is 5.32 Å². The van der Waals surface area contributed by atoms with Crippen LogP contribution >= 0.6 is 23.2 Å². The average molecular weight is 504 g/mol. The van der Waals surface area contributed by atoms with Crippen LogP contribution in [0.4, 0.5) is 11.6 Å². The Morgan fingerprint density at radius 3 is 2.32 bits per heavy atom. The molecule has 0 saturated carbocycles. The highest BCUT2D eigenvalue weighted by Gasteiger charge is 2.24. The topological polar surface area (TPSA) is 134 Å². The van der Waals surface area contributed by atoms with E-state index in [9.17, 15) is 14.9 Å². The molecule has 0 spiro atoms. The van der Waals surface area contributed by atoms with Gasteiger partial charge in [0.15, 0.2) is 11.5 Å². The molecule has 34 heavy (non-hydrogen) atoms. The molecule has 3 aromatic heterocycles. The van der Waals surface area contributed by atoms with Crippen molar-refractivity contribution in [3.8, 4) is 0 Å². The van der Waals surface area contributed by atoms with Crippen LogP contribution in [0.25, 0.3) is 0 Å². The van der Waals surface area contributed by atoms with Crippen LogP contribution in [0, 0.1) is 30.9 Å². The number of carbonyl (C=O) groups excluding carboxylic acids is 1. The summed E-state index contributed by atoms with van der Waals surface area (Å²) in [6, 6.07) is 8.30. The maximum atomic E-state index is 13.0. The van der Waals surface area contributed by atoms with Gasteiger partial charge in [-0.2, -0.15) is 9.78 Å². The third-order valence-corrected chi connectivity index (χ3v) is 5.96. The van der Waals surface area contributed by atoms with Crippen molar-refractivity contribution in [3.63, 3.8) is 0 Å². The molecule has 0 atom stereocenters. The van der Waals surface area contributed by atoms with Crippen molar-refractivity contribution in [2.45, 2.75) is 33.9 Å². The van der Waals surface area contributed by atoms with Crippen LogP contribution in [0.1, 0.15) is 38.8 Å². The third-order valence-electron chi connectivity index (χ3n) is 5.26. The Balaban J connectivity index is 1.54. The van der Waals surface area contributed by atoms with Crippen LogP contribution in [-0.2, 0) is 13.1 Å². The number of rotatable bonds is 7. The van der Waals surface area contributed by atoms with Crippen LogP contribution in [-0.4, -0.2) is 35.5 Å². The highest BCUT2D eigenvalue weighted by molar-refractivity contribution is 6.35. The zero-order valence-electron chi connectivity index (χ0n) is 18.4. The fraction of sp³-hybridized carbons (Fsp3) is 0.238. The summed E-state index contributed by atoms with van der Waals surface area (Å²) in [5.74, 6) is -0.107. The number of benzene rings is 1. The number of hydrogen-bond acceptors (Lipinski definition) is 7. The minimum absolute atomic E-state index is 0.0383. The van der Waals surface area contributed by atoms with Crippen molar-refractivity contribution in [2.75, 3.05) is 5.32 Å². The zero-order valence-corrected chi connectivity index (χ0v) is 19.9. The van der Waals surface area contributed by atoms with Gasteiger partial charge in [-0.05, 0) is 37.8 Å². The van der Waals surface area contributed by atoms with Crippen LogP contribution in [0.2, 0.25) is 10.0 Å². The summed E-state index contributed by atoms with van der Waals surface area (Å²) in [6.45, 7) is 5.58. The lowest BCUT2D eigenvalue weighted by Gasteiger charge is -2.08. The van der Waals surface area contributed by atoms with Crippen LogP contribution in [0.15, 0.2) is 34.9 Å². The molecule has 1 amide bonds. The molecule has 1 aromatic carbocycles. The van der Waals surface area contributed by atoms with Crippen molar-refractivity contribution in [2.24, 2.45) is 0 Å². The summed E-state index contributed by atoms with van der Waals surface area (Å²) < 4.78 is 8.30. The summed E-state index contributed by atoms with van der Waals surface area (Å²) in [5, 5.41) is 27.0. The number of nitro groups is 1. The van der Waals surface area contributed by atoms with E-state index in [2.05, 4.69) is 20.7 Å². The second kappa shape index (κ2) is 9.27. The van der Waals surface area contributed by atoms with Gasteiger partial charge >= 0.3 is 5.82 Å². The van der Waals surface area contributed by atoms with Gasteiger partial charge in [0.1, 0.15) is 5.76 Å². The Bertz CT molecular complexity index is 1390. The van der Waals surface area contributed by atoms with Gasteiger partial charge in [-0.3, -0.25) is 9.48 Å². The maximum absolute atomic E-state index is 13.0. The molecule has 0 unspecified atom stereocenters. The monoisotopic (exact) mass is 503 g/mol. The standard InChI is InChI=1S/C21H19Cl2N7O4/c1-11-7-18(25-28(11)10-15-16(22)5-4-6-17(15)23)24-21(31)20-14(13(3)34-27-20)9-29-12(2)8-19(26-29)30(32)33/h4-8H,9-10H2,1-3H3,(H,24,25,31). The van der Waals surface area contributed by atoms with Gasteiger partial charge < -0.3 is 20.0 Å². The van der Waals surface area contributed by atoms with Gasteiger partial charge in [-0.15, -0.1) is 0 Å². The highest BCUT2D eigenvalue weighted by atomic mass is 35.5. The molecule has 3 heterocycles. The van der Waals surface area contributed by atoms with E-state index in [1.54, 1.807) is 42.8 Å². The first-order valence-electron chi connectivity index (χ1n) is 10.1. The van der Waals surface area contributed by atoms with Gasteiger partial charge in [0, 0.05) is 27.4 Å². The van der Waals surface area contributed by atoms with Gasteiger partial charge in [0.2, 0.25) is 0 Å². The molecule has 1 N–H and O–H groups in total. The van der Waals surface area contributed by atoms with Gasteiger partial charge in [-0.1, -0.05) is 34.4 Å². The first kappa shape index (κ1) is 23.5. The van der Waals surface area contributed by atoms with E-state index in [1.165, 1.54) is 10.7 Å².